The molecule has 0 aliphatic rings. The van der Waals surface area contributed by atoms with Crippen LogP contribution < -0.4 is 0 Å². The van der Waals surface area contributed by atoms with Gasteiger partial charge in [-0.05, 0) is 13.3 Å². The summed E-state index contributed by atoms with van der Waals surface area (Å²) in [6.45, 7) is 1.27. The van der Waals surface area contributed by atoms with Crippen molar-refractivity contribution < 1.29 is 14.7 Å². The molecule has 58 valence electrons. The molecule has 0 aromatic heterocycles. The number of aliphatic hydroxyl groups excluding tert-OH is 1. The van der Waals surface area contributed by atoms with E-state index in [1.807, 2.05) is 0 Å². The van der Waals surface area contributed by atoms with Gasteiger partial charge in [0.25, 0.3) is 0 Å². The van der Waals surface area contributed by atoms with Gasteiger partial charge < -0.3 is 9.90 Å². The molecule has 0 radical (unpaired) electrons. The van der Waals surface area contributed by atoms with Crippen molar-refractivity contribution in [3.05, 3.63) is 0 Å². The van der Waals surface area contributed by atoms with E-state index in [9.17, 15) is 9.59 Å². The summed E-state index contributed by atoms with van der Waals surface area (Å²) in [7, 11) is 0. The third-order valence-corrected chi connectivity index (χ3v) is 1.42. The van der Waals surface area contributed by atoms with Gasteiger partial charge in [0.15, 0.2) is 5.78 Å². The van der Waals surface area contributed by atoms with Crippen LogP contribution >= 0.6 is 12.6 Å². The molecule has 0 aromatic rings. The van der Waals surface area contributed by atoms with Crippen LogP contribution in [-0.4, -0.2) is 28.5 Å². The fourth-order valence-electron chi connectivity index (χ4n) is 0.450. The summed E-state index contributed by atoms with van der Waals surface area (Å²) >= 11 is 3.78. The van der Waals surface area contributed by atoms with Crippen molar-refractivity contribution in [3.63, 3.8) is 0 Å². The van der Waals surface area contributed by atoms with Crippen molar-refractivity contribution >= 4 is 24.7 Å². The second-order valence-corrected chi connectivity index (χ2v) is 2.73. The quantitative estimate of drug-likeness (QED) is 0.445. The zero-order valence-corrected chi connectivity index (χ0v) is 6.54. The fourth-order valence-corrected chi connectivity index (χ4v) is 0.650. The highest BCUT2D eigenvalue weighted by atomic mass is 32.1. The molecule has 0 aromatic carbocycles. The first kappa shape index (κ1) is 9.65. The minimum absolute atomic E-state index is 0.0992. The van der Waals surface area contributed by atoms with Gasteiger partial charge in [-0.3, -0.25) is 4.79 Å². The summed E-state index contributed by atoms with van der Waals surface area (Å²) in [5, 5.41) is 8.33. The molecule has 3 nitrogen and oxygen atoms in total. The number of carbonyl (C=O) groups is 2. The van der Waals surface area contributed by atoms with Gasteiger partial charge in [-0.1, -0.05) is 0 Å². The third-order valence-electron chi connectivity index (χ3n) is 1.09. The van der Waals surface area contributed by atoms with Crippen LogP contribution in [0.5, 0.6) is 0 Å². The lowest BCUT2D eigenvalue weighted by molar-refractivity contribution is -0.125. The highest BCUT2D eigenvalue weighted by Crippen LogP contribution is 2.02. The number of carbonyl (C=O) groups excluding carboxylic acids is 2. The predicted molar refractivity (Wildman–Crippen MR) is 40.1 cm³/mol. The minimum Gasteiger partial charge on any atom is -0.385 e. The first-order chi connectivity index (χ1) is 4.57. The lowest BCUT2D eigenvalue weighted by Crippen LogP contribution is -2.21. The van der Waals surface area contributed by atoms with Gasteiger partial charge in [0.2, 0.25) is 0 Å². The Morgan fingerprint density at radius 3 is 2.60 bits per heavy atom. The molecule has 2 unspecified atom stereocenters. The topological polar surface area (TPSA) is 54.4 Å². The molecule has 0 aliphatic heterocycles. The number of hydrogen-bond acceptors (Lipinski definition) is 4. The molecule has 10 heavy (non-hydrogen) atoms. The Labute approximate surface area is 64.8 Å². The van der Waals surface area contributed by atoms with E-state index in [0.29, 0.717) is 6.29 Å². The predicted octanol–water partition coefficient (Wildman–Crippen LogP) is -0.176. The highest BCUT2D eigenvalue weighted by Gasteiger charge is 2.13. The second kappa shape index (κ2) is 4.46. The zero-order chi connectivity index (χ0) is 8.15. The van der Waals surface area contributed by atoms with Gasteiger partial charge in [-0.2, -0.15) is 12.6 Å². The summed E-state index contributed by atoms with van der Waals surface area (Å²) in [6.07, 6.45) is -0.357. The van der Waals surface area contributed by atoms with Crippen molar-refractivity contribution in [3.8, 4) is 0 Å². The van der Waals surface area contributed by atoms with E-state index in [0.717, 1.165) is 0 Å². The summed E-state index contributed by atoms with van der Waals surface area (Å²) in [6, 6.07) is 0. The smallest absolute Gasteiger partial charge is 0.158 e. The molecule has 1 N–H and O–H groups in total. The van der Waals surface area contributed by atoms with Crippen molar-refractivity contribution in [1.82, 2.24) is 0 Å². The highest BCUT2D eigenvalue weighted by molar-refractivity contribution is 7.81. The number of aliphatic hydroxyl groups is 1. The normalized spacial score (nSPS) is 15.9. The summed E-state index contributed by atoms with van der Waals surface area (Å²) < 4.78 is 0. The number of rotatable bonds is 4. The van der Waals surface area contributed by atoms with Crippen molar-refractivity contribution in [2.24, 2.45) is 0 Å². The summed E-state index contributed by atoms with van der Waals surface area (Å²) in [5.74, 6) is -0.332. The van der Waals surface area contributed by atoms with Crippen molar-refractivity contribution in [2.45, 2.75) is 24.7 Å². The average Bonchev–Trinajstić information content (AvgIpc) is 1.87. The number of Topliss-reactive ketones (excluding diaryl/α,β-unsaturated/α-hetero) is 1. The van der Waals surface area contributed by atoms with Gasteiger partial charge in [0.1, 0.15) is 12.4 Å². The van der Waals surface area contributed by atoms with E-state index in [1.165, 1.54) is 6.92 Å². The van der Waals surface area contributed by atoms with Gasteiger partial charge in [-0.15, -0.1) is 0 Å². The Morgan fingerprint density at radius 1 is 1.80 bits per heavy atom. The first-order valence-electron chi connectivity index (χ1n) is 2.89. The molecule has 4 heteroatoms. The largest absolute Gasteiger partial charge is 0.385 e. The fraction of sp³-hybridized carbons (Fsp3) is 0.667. The maximum Gasteiger partial charge on any atom is 0.158 e. The minimum atomic E-state index is -1.05. The molecule has 0 fully saturated rings. The van der Waals surface area contributed by atoms with Gasteiger partial charge >= 0.3 is 0 Å². The average molecular weight is 162 g/mol. The lowest BCUT2D eigenvalue weighted by Gasteiger charge is -2.06. The van der Waals surface area contributed by atoms with Crippen LogP contribution in [0, 0.1) is 0 Å². The molecular formula is C6H10O3S. The molecule has 2 atom stereocenters. The van der Waals surface area contributed by atoms with Crippen LogP contribution in [0.15, 0.2) is 0 Å². The molecule has 0 heterocycles. The molecule has 0 amide bonds. The molecule has 0 aliphatic carbocycles. The monoisotopic (exact) mass is 162 g/mol. The van der Waals surface area contributed by atoms with Crippen molar-refractivity contribution in [2.75, 3.05) is 0 Å². The molecule has 0 spiro atoms. The Kier molecular flexibility index (Phi) is 4.31. The van der Waals surface area contributed by atoms with Crippen LogP contribution in [0.2, 0.25) is 0 Å². The van der Waals surface area contributed by atoms with E-state index < -0.39 is 11.4 Å². The number of thiol groups is 1. The zero-order valence-electron chi connectivity index (χ0n) is 5.65. The third kappa shape index (κ3) is 3.63. The van der Waals surface area contributed by atoms with Crippen LogP contribution in [0.3, 0.4) is 0 Å². The number of ketones is 1. The van der Waals surface area contributed by atoms with Crippen LogP contribution in [0.25, 0.3) is 0 Å². The number of hydrogen-bond donors (Lipinski definition) is 2. The molecule has 0 saturated carbocycles. The van der Waals surface area contributed by atoms with E-state index >= 15 is 0 Å². The van der Waals surface area contributed by atoms with E-state index in [2.05, 4.69) is 12.6 Å². The van der Waals surface area contributed by atoms with Crippen LogP contribution in [-0.2, 0) is 9.59 Å². The van der Waals surface area contributed by atoms with E-state index in [4.69, 9.17) is 5.11 Å². The van der Waals surface area contributed by atoms with E-state index in [-0.39, 0.29) is 12.2 Å². The first-order valence-corrected chi connectivity index (χ1v) is 3.41. The maximum absolute atomic E-state index is 10.4. The Morgan fingerprint density at radius 2 is 2.30 bits per heavy atom. The van der Waals surface area contributed by atoms with Gasteiger partial charge in [-0.25, -0.2) is 0 Å². The SMILES string of the molecule is CC(=O)C(O)CC(S)C=O. The summed E-state index contributed by atoms with van der Waals surface area (Å²) in [4.78, 5) is 20.4. The van der Waals surface area contributed by atoms with Gasteiger partial charge in [0, 0.05) is 0 Å². The maximum atomic E-state index is 10.4. The standard InChI is InChI=1S/C6H10O3S/c1-4(8)6(9)2-5(10)3-7/h3,5-6,9-10H,2H2,1H3. The Hall–Kier alpha value is -0.350. The molecule has 0 saturated heterocycles. The second-order valence-electron chi connectivity index (χ2n) is 2.07. The van der Waals surface area contributed by atoms with Gasteiger partial charge in [0.05, 0.1) is 5.25 Å². The Balaban J connectivity index is 3.67. The van der Waals surface area contributed by atoms with Crippen LogP contribution in [0.1, 0.15) is 13.3 Å². The molecule has 0 bridgehead atoms. The van der Waals surface area contributed by atoms with Crippen molar-refractivity contribution in [1.29, 1.82) is 0 Å². The van der Waals surface area contributed by atoms with Crippen LogP contribution in [0.4, 0.5) is 0 Å². The lowest BCUT2D eigenvalue weighted by atomic mass is 10.1. The molecular weight excluding hydrogens is 152 g/mol. The number of aldehydes is 1. The Bertz CT molecular complexity index is 135. The van der Waals surface area contributed by atoms with E-state index in [1.54, 1.807) is 0 Å². The molecule has 0 rings (SSSR count). The summed E-state index contributed by atoms with van der Waals surface area (Å²) in [5.41, 5.74) is 0.